The summed E-state index contributed by atoms with van der Waals surface area (Å²) in [7, 11) is -1.92. The molecular weight excluding hydrogens is 582 g/mol. The van der Waals surface area contributed by atoms with E-state index in [0.717, 1.165) is 50.0 Å². The molecule has 0 saturated carbocycles. The summed E-state index contributed by atoms with van der Waals surface area (Å²) >= 11 is 1.62. The number of carbonyl (C=O) groups excluding carboxylic acids is 1. The number of hydrogen-bond acceptors (Lipinski definition) is 7. The summed E-state index contributed by atoms with van der Waals surface area (Å²) in [6.45, 7) is 3.25. The number of hydrogen-bond donors (Lipinski definition) is 1. The Kier molecular flexibility index (Phi) is 13.1. The molecule has 224 valence electrons. The van der Waals surface area contributed by atoms with Gasteiger partial charge in [-0.1, -0.05) is 48.5 Å². The van der Waals surface area contributed by atoms with Gasteiger partial charge in [0.05, 0.1) is 11.5 Å². The molecule has 1 aliphatic rings. The topological polar surface area (TPSA) is 90.4 Å². The number of halogens is 1. The Bertz CT molecular complexity index is 1270. The Labute approximate surface area is 254 Å². The van der Waals surface area contributed by atoms with Gasteiger partial charge < -0.3 is 19.6 Å². The molecule has 1 atom stereocenters. The number of ether oxygens (including phenoxy) is 1. The van der Waals surface area contributed by atoms with Crippen molar-refractivity contribution in [2.45, 2.75) is 42.7 Å². The van der Waals surface area contributed by atoms with Crippen LogP contribution in [0.25, 0.3) is 0 Å². The van der Waals surface area contributed by atoms with Crippen LogP contribution in [0, 0.1) is 0 Å². The molecule has 1 saturated heterocycles. The molecule has 0 spiro atoms. The van der Waals surface area contributed by atoms with Gasteiger partial charge in [-0.25, -0.2) is 17.5 Å². The smallest absolute Gasteiger partial charge is 0.410 e. The number of likely N-dealkylation sites (tertiary alicyclic amines) is 1. The molecule has 0 aliphatic carbocycles. The van der Waals surface area contributed by atoms with Crippen molar-refractivity contribution in [3.8, 4) is 0 Å². The first kappa shape index (κ1) is 33.0. The van der Waals surface area contributed by atoms with Crippen molar-refractivity contribution >= 4 is 39.9 Å². The lowest BCUT2D eigenvalue weighted by Crippen LogP contribution is -2.48. The maximum absolute atomic E-state index is 13.1. The van der Waals surface area contributed by atoms with Crippen LogP contribution in [0.1, 0.15) is 36.3 Å². The van der Waals surface area contributed by atoms with Crippen LogP contribution < -0.4 is 0 Å². The van der Waals surface area contributed by atoms with E-state index in [0.29, 0.717) is 11.4 Å². The monoisotopic (exact) mass is 621 g/mol. The number of benzene rings is 2. The molecule has 3 aromatic rings. The van der Waals surface area contributed by atoms with E-state index in [2.05, 4.69) is 16.3 Å². The molecule has 8 nitrogen and oxygen atoms in total. The fraction of sp³-hybridized carbons (Fsp3) is 0.433. The van der Waals surface area contributed by atoms with Gasteiger partial charge in [0, 0.05) is 39.3 Å². The van der Waals surface area contributed by atoms with E-state index >= 15 is 0 Å². The van der Waals surface area contributed by atoms with Gasteiger partial charge in [-0.15, -0.1) is 12.4 Å². The molecule has 2 aromatic carbocycles. The summed E-state index contributed by atoms with van der Waals surface area (Å²) in [4.78, 5) is 17.2. The Morgan fingerprint density at radius 3 is 2.34 bits per heavy atom. The van der Waals surface area contributed by atoms with Crippen molar-refractivity contribution in [2.75, 3.05) is 46.4 Å². The Morgan fingerprint density at radius 2 is 1.73 bits per heavy atom. The van der Waals surface area contributed by atoms with Gasteiger partial charge in [0.15, 0.2) is 0 Å². The van der Waals surface area contributed by atoms with Gasteiger partial charge in [0.2, 0.25) is 10.0 Å². The van der Waals surface area contributed by atoms with Gasteiger partial charge in [-0.05, 0) is 71.8 Å². The van der Waals surface area contributed by atoms with E-state index in [1.165, 1.54) is 4.31 Å². The van der Waals surface area contributed by atoms with Crippen LogP contribution in [0.15, 0.2) is 82.4 Å². The standard InChI is InChI=1S/C30H39N3O5S2.ClH/c1-31(40(36,37)29-10-6-3-7-11-29)22-26(27-15-21-39-24-27)12-16-32-17-13-28(14-18-32)33(19-20-34)30(35)38-23-25-8-4-2-5-9-25;/h2-11,15,21,24,26,28,34H,12-14,16-20,22-23H2,1H3;1H/t26-;/m1./s1. The number of nitrogens with zero attached hydrogens (tertiary/aromatic N) is 3. The molecule has 0 unspecified atom stereocenters. The maximum Gasteiger partial charge on any atom is 0.410 e. The third-order valence-electron chi connectivity index (χ3n) is 7.52. The number of piperidine rings is 1. The van der Waals surface area contributed by atoms with Gasteiger partial charge >= 0.3 is 6.09 Å². The highest BCUT2D eigenvalue weighted by Crippen LogP contribution is 2.27. The third-order valence-corrected chi connectivity index (χ3v) is 10.1. The average molecular weight is 622 g/mol. The molecule has 1 aliphatic heterocycles. The van der Waals surface area contributed by atoms with E-state index < -0.39 is 16.1 Å². The van der Waals surface area contributed by atoms with Gasteiger partial charge in [0.25, 0.3) is 0 Å². The van der Waals surface area contributed by atoms with Crippen LogP contribution in [0.4, 0.5) is 4.79 Å². The molecule has 0 radical (unpaired) electrons. The fourth-order valence-electron chi connectivity index (χ4n) is 5.18. The minimum Gasteiger partial charge on any atom is -0.445 e. The summed E-state index contributed by atoms with van der Waals surface area (Å²) in [6.07, 6.45) is 2.03. The predicted octanol–water partition coefficient (Wildman–Crippen LogP) is 5.06. The van der Waals surface area contributed by atoms with Crippen molar-refractivity contribution in [1.82, 2.24) is 14.1 Å². The number of sulfonamides is 1. The zero-order valence-electron chi connectivity index (χ0n) is 23.4. The van der Waals surface area contributed by atoms with Crippen molar-refractivity contribution in [3.63, 3.8) is 0 Å². The van der Waals surface area contributed by atoms with Crippen LogP contribution in [-0.4, -0.2) is 86.1 Å². The second kappa shape index (κ2) is 16.2. The lowest BCUT2D eigenvalue weighted by Gasteiger charge is -2.38. The highest BCUT2D eigenvalue weighted by Gasteiger charge is 2.30. The first-order valence-electron chi connectivity index (χ1n) is 13.7. The molecule has 1 N–H and O–H groups in total. The summed E-state index contributed by atoms with van der Waals surface area (Å²) < 4.78 is 33.3. The van der Waals surface area contributed by atoms with Crippen molar-refractivity contribution < 1.29 is 23.1 Å². The van der Waals surface area contributed by atoms with Crippen LogP contribution in [0.2, 0.25) is 0 Å². The second-order valence-corrected chi connectivity index (χ2v) is 13.0. The number of likely N-dealkylation sites (N-methyl/N-ethyl adjacent to an activating group) is 1. The van der Waals surface area contributed by atoms with Gasteiger partial charge in [-0.2, -0.15) is 11.3 Å². The largest absolute Gasteiger partial charge is 0.445 e. The molecule has 1 aromatic heterocycles. The number of carbonyl (C=O) groups is 1. The Morgan fingerprint density at radius 1 is 1.07 bits per heavy atom. The SMILES string of the molecule is CN(C[C@@H](CCN1CCC(N(CCO)C(=O)OCc2ccccc2)CC1)c1ccsc1)S(=O)(=O)c1ccccc1.Cl. The van der Waals surface area contributed by atoms with E-state index in [9.17, 15) is 18.3 Å². The minimum absolute atomic E-state index is 0. The van der Waals surface area contributed by atoms with Crippen molar-refractivity contribution in [1.29, 1.82) is 0 Å². The molecule has 4 rings (SSSR count). The van der Waals surface area contributed by atoms with E-state index in [-0.39, 0.29) is 44.1 Å². The first-order chi connectivity index (χ1) is 19.4. The molecule has 11 heteroatoms. The van der Waals surface area contributed by atoms with E-state index in [4.69, 9.17) is 4.74 Å². The second-order valence-electron chi connectivity index (χ2n) is 10.2. The minimum atomic E-state index is -3.57. The molecular formula is C30H40ClN3O5S2. The number of aliphatic hydroxyl groups is 1. The Balaban J connectivity index is 0.00000462. The zero-order valence-corrected chi connectivity index (χ0v) is 25.8. The highest BCUT2D eigenvalue weighted by atomic mass is 35.5. The molecule has 1 amide bonds. The van der Waals surface area contributed by atoms with Crippen LogP contribution in [0.3, 0.4) is 0 Å². The molecule has 41 heavy (non-hydrogen) atoms. The van der Waals surface area contributed by atoms with Crippen LogP contribution in [0.5, 0.6) is 0 Å². The number of aliphatic hydroxyl groups excluding tert-OH is 1. The maximum atomic E-state index is 13.1. The lowest BCUT2D eigenvalue weighted by molar-refractivity contribution is 0.0521. The van der Waals surface area contributed by atoms with Crippen LogP contribution in [-0.2, 0) is 21.4 Å². The summed E-state index contributed by atoms with van der Waals surface area (Å²) in [6, 6.07) is 20.2. The third kappa shape index (κ3) is 9.26. The Hall–Kier alpha value is -2.47. The van der Waals surface area contributed by atoms with E-state index in [1.54, 1.807) is 47.5 Å². The van der Waals surface area contributed by atoms with Crippen LogP contribution >= 0.6 is 23.7 Å². The summed E-state index contributed by atoms with van der Waals surface area (Å²) in [5, 5.41) is 13.7. The number of amides is 1. The zero-order chi connectivity index (χ0) is 28.4. The summed E-state index contributed by atoms with van der Waals surface area (Å²) in [5.41, 5.74) is 2.09. The predicted molar refractivity (Wildman–Crippen MR) is 165 cm³/mol. The van der Waals surface area contributed by atoms with Gasteiger partial charge in [-0.3, -0.25) is 0 Å². The normalized spacial score (nSPS) is 15.3. The molecule has 0 bridgehead atoms. The van der Waals surface area contributed by atoms with Crippen molar-refractivity contribution in [3.05, 3.63) is 88.6 Å². The van der Waals surface area contributed by atoms with Gasteiger partial charge in [0.1, 0.15) is 6.61 Å². The summed E-state index contributed by atoms with van der Waals surface area (Å²) in [5.74, 6) is 0.0753. The highest BCUT2D eigenvalue weighted by molar-refractivity contribution is 7.89. The van der Waals surface area contributed by atoms with Crippen molar-refractivity contribution in [2.24, 2.45) is 0 Å². The fourth-order valence-corrected chi connectivity index (χ4v) is 7.16. The lowest BCUT2D eigenvalue weighted by atomic mass is 9.97. The number of rotatable bonds is 13. The first-order valence-corrected chi connectivity index (χ1v) is 16.1. The molecule has 2 heterocycles. The molecule has 1 fully saturated rings. The van der Waals surface area contributed by atoms with E-state index in [1.807, 2.05) is 41.8 Å². The number of thiophene rings is 1. The average Bonchev–Trinajstić information content (AvgIpc) is 3.53. The quantitative estimate of drug-likeness (QED) is 0.287.